The highest BCUT2D eigenvalue weighted by Crippen LogP contribution is 2.30. The first-order valence-electron chi connectivity index (χ1n) is 9.28. The molecule has 2 N–H and O–H groups in total. The highest BCUT2D eigenvalue weighted by molar-refractivity contribution is 7.17. The maximum absolute atomic E-state index is 12.9. The maximum Gasteiger partial charge on any atom is 0.405 e. The molecule has 7 nitrogen and oxygen atoms in total. The Morgan fingerprint density at radius 3 is 2.52 bits per heavy atom. The lowest BCUT2D eigenvalue weighted by Crippen LogP contribution is -2.41. The largest absolute Gasteiger partial charge is 0.405 e. The Bertz CT molecular complexity index is 1150. The van der Waals surface area contributed by atoms with Gasteiger partial charge in [-0.25, -0.2) is 4.98 Å². The summed E-state index contributed by atoms with van der Waals surface area (Å²) < 4.78 is 37.5. The van der Waals surface area contributed by atoms with Crippen LogP contribution < -0.4 is 16.2 Å². The molecule has 0 bridgehead atoms. The molecule has 0 aliphatic rings. The van der Waals surface area contributed by atoms with E-state index in [0.29, 0.717) is 10.2 Å². The molecule has 3 rings (SSSR count). The van der Waals surface area contributed by atoms with Crippen LogP contribution in [0.5, 0.6) is 0 Å². The monoisotopic (exact) mass is 452 g/mol. The number of rotatable bonds is 7. The lowest BCUT2D eigenvalue weighted by Gasteiger charge is -2.09. The molecule has 0 aliphatic carbocycles. The Kier molecular flexibility index (Phi) is 6.74. The van der Waals surface area contributed by atoms with Crippen molar-refractivity contribution in [2.24, 2.45) is 0 Å². The first-order chi connectivity index (χ1) is 14.6. The van der Waals surface area contributed by atoms with Crippen LogP contribution in [-0.4, -0.2) is 40.6 Å². The van der Waals surface area contributed by atoms with E-state index < -0.39 is 31.1 Å². The minimum absolute atomic E-state index is 0.0148. The zero-order valence-corrected chi connectivity index (χ0v) is 17.3. The molecule has 0 atom stereocenters. The summed E-state index contributed by atoms with van der Waals surface area (Å²) in [6, 6.07) is 7.74. The normalized spacial score (nSPS) is 11.5. The van der Waals surface area contributed by atoms with E-state index in [1.165, 1.54) is 22.2 Å². The highest BCUT2D eigenvalue weighted by Gasteiger charge is 2.27. The van der Waals surface area contributed by atoms with E-state index in [2.05, 4.69) is 10.3 Å². The number of fused-ring (bicyclic) bond motifs is 1. The zero-order chi connectivity index (χ0) is 22.6. The molecule has 0 aliphatic heterocycles. The van der Waals surface area contributed by atoms with Crippen LogP contribution >= 0.6 is 11.3 Å². The van der Waals surface area contributed by atoms with E-state index in [1.54, 1.807) is 5.32 Å². The number of nitrogens with one attached hydrogen (secondary N) is 2. The second kappa shape index (κ2) is 9.29. The minimum atomic E-state index is -4.52. The summed E-state index contributed by atoms with van der Waals surface area (Å²) in [6.07, 6.45) is -3.31. The molecule has 0 fully saturated rings. The topological polar surface area (TPSA) is 93.1 Å². The first kappa shape index (κ1) is 22.5. The van der Waals surface area contributed by atoms with Crippen LogP contribution in [0.3, 0.4) is 0 Å². The fourth-order valence-corrected chi connectivity index (χ4v) is 3.73. The van der Waals surface area contributed by atoms with E-state index >= 15 is 0 Å². The van der Waals surface area contributed by atoms with Gasteiger partial charge in [-0.1, -0.05) is 29.8 Å². The maximum atomic E-state index is 12.9. The predicted molar refractivity (Wildman–Crippen MR) is 111 cm³/mol. The summed E-state index contributed by atoms with van der Waals surface area (Å²) in [4.78, 5) is 41.1. The fraction of sp³-hybridized carbons (Fsp3) is 0.300. The molecular formula is C20H19F3N4O3S. The summed E-state index contributed by atoms with van der Waals surface area (Å²) in [5.41, 5.74) is 2.45. The molecule has 0 saturated carbocycles. The van der Waals surface area contributed by atoms with Crippen LogP contribution in [0.15, 0.2) is 40.8 Å². The smallest absolute Gasteiger partial charge is 0.347 e. The van der Waals surface area contributed by atoms with Crippen molar-refractivity contribution in [3.8, 4) is 11.1 Å². The van der Waals surface area contributed by atoms with Crippen LogP contribution in [-0.2, 0) is 16.1 Å². The van der Waals surface area contributed by atoms with Gasteiger partial charge in [-0.05, 0) is 12.5 Å². The second-order valence-electron chi connectivity index (χ2n) is 6.86. The molecule has 2 aromatic heterocycles. The number of thiophene rings is 1. The lowest BCUT2D eigenvalue weighted by molar-refractivity contribution is -0.138. The van der Waals surface area contributed by atoms with Gasteiger partial charge in [0.05, 0.1) is 18.3 Å². The highest BCUT2D eigenvalue weighted by atomic mass is 32.1. The molecule has 3 aromatic rings. The van der Waals surface area contributed by atoms with Crippen LogP contribution in [0.4, 0.5) is 13.2 Å². The minimum Gasteiger partial charge on any atom is -0.347 e. The number of aromatic nitrogens is 2. The molecule has 1 aromatic carbocycles. The Hall–Kier alpha value is -3.21. The van der Waals surface area contributed by atoms with Gasteiger partial charge in [0.25, 0.3) is 5.56 Å². The van der Waals surface area contributed by atoms with Gasteiger partial charge >= 0.3 is 6.18 Å². The van der Waals surface area contributed by atoms with Crippen LogP contribution in [0.25, 0.3) is 21.3 Å². The fourth-order valence-electron chi connectivity index (χ4n) is 2.82. The average molecular weight is 452 g/mol. The number of hydrogen-bond acceptors (Lipinski definition) is 5. The molecule has 164 valence electrons. The molecular weight excluding hydrogens is 433 g/mol. The number of aryl methyl sites for hydroxylation is 2. The van der Waals surface area contributed by atoms with Crippen molar-refractivity contribution in [1.82, 2.24) is 20.2 Å². The summed E-state index contributed by atoms with van der Waals surface area (Å²) in [5, 5.41) is 6.21. The van der Waals surface area contributed by atoms with Crippen molar-refractivity contribution in [3.05, 3.63) is 51.9 Å². The lowest BCUT2D eigenvalue weighted by atomic mass is 10.1. The Morgan fingerprint density at radius 1 is 1.13 bits per heavy atom. The van der Waals surface area contributed by atoms with Gasteiger partial charge in [0, 0.05) is 23.9 Å². The van der Waals surface area contributed by atoms with Gasteiger partial charge in [-0.3, -0.25) is 19.0 Å². The van der Waals surface area contributed by atoms with Crippen molar-refractivity contribution in [1.29, 1.82) is 0 Å². The Morgan fingerprint density at radius 2 is 1.84 bits per heavy atom. The van der Waals surface area contributed by atoms with Crippen molar-refractivity contribution in [2.45, 2.75) is 26.1 Å². The number of alkyl halides is 3. The summed E-state index contributed by atoms with van der Waals surface area (Å²) in [7, 11) is 0. The van der Waals surface area contributed by atoms with E-state index in [9.17, 15) is 27.6 Å². The number of nitrogens with zero attached hydrogens (tertiary/aromatic N) is 2. The summed E-state index contributed by atoms with van der Waals surface area (Å²) in [5.74, 6) is -1.52. The average Bonchev–Trinajstić information content (AvgIpc) is 3.15. The van der Waals surface area contributed by atoms with Gasteiger partial charge in [-0.15, -0.1) is 11.3 Å². The zero-order valence-electron chi connectivity index (χ0n) is 16.5. The molecule has 0 spiro atoms. The van der Waals surface area contributed by atoms with Gasteiger partial charge in [0.15, 0.2) is 0 Å². The molecule has 2 heterocycles. The third kappa shape index (κ3) is 5.91. The molecule has 31 heavy (non-hydrogen) atoms. The van der Waals surface area contributed by atoms with Crippen molar-refractivity contribution in [2.75, 3.05) is 13.1 Å². The van der Waals surface area contributed by atoms with Crippen molar-refractivity contribution < 1.29 is 22.8 Å². The van der Waals surface area contributed by atoms with Crippen molar-refractivity contribution in [3.63, 3.8) is 0 Å². The number of hydrogen-bond donors (Lipinski definition) is 2. The number of halogens is 3. The van der Waals surface area contributed by atoms with Gasteiger partial charge in [-0.2, -0.15) is 13.2 Å². The van der Waals surface area contributed by atoms with Gasteiger partial charge < -0.3 is 10.6 Å². The van der Waals surface area contributed by atoms with E-state index in [-0.39, 0.29) is 18.5 Å². The molecule has 2 amide bonds. The number of benzene rings is 1. The van der Waals surface area contributed by atoms with Crippen LogP contribution in [0.1, 0.15) is 12.0 Å². The molecule has 0 radical (unpaired) electrons. The Balaban J connectivity index is 1.64. The third-order valence-corrected chi connectivity index (χ3v) is 5.32. The van der Waals surface area contributed by atoms with Crippen LogP contribution in [0, 0.1) is 6.92 Å². The number of amides is 2. The second-order valence-corrected chi connectivity index (χ2v) is 7.72. The predicted octanol–water partition coefficient (Wildman–Crippen LogP) is 2.62. The van der Waals surface area contributed by atoms with Gasteiger partial charge in [0.1, 0.15) is 11.4 Å². The SMILES string of the molecule is Cc1ccc(-c2csc3ncn(CCC(=O)NCC(=O)NCC(F)(F)F)c(=O)c23)cc1. The summed E-state index contributed by atoms with van der Waals surface area (Å²) in [6.45, 7) is -0.0635. The molecule has 0 unspecified atom stereocenters. The van der Waals surface area contributed by atoms with E-state index in [4.69, 9.17) is 0 Å². The quantitative estimate of drug-likeness (QED) is 0.577. The standard InChI is InChI=1S/C20H19F3N4O3S/c1-12-2-4-13(5-3-12)14-9-31-18-17(14)19(30)27(11-26-18)7-6-15(28)24-8-16(29)25-10-20(21,22)23/h2-5,9,11H,6-8,10H2,1H3,(H,24,28)(H,25,29). The summed E-state index contributed by atoms with van der Waals surface area (Å²) >= 11 is 1.35. The third-order valence-electron chi connectivity index (χ3n) is 4.44. The van der Waals surface area contributed by atoms with Gasteiger partial charge in [0.2, 0.25) is 11.8 Å². The molecule has 11 heteroatoms. The van der Waals surface area contributed by atoms with E-state index in [0.717, 1.165) is 16.7 Å². The Labute approximate surface area is 178 Å². The number of carbonyl (C=O) groups is 2. The van der Waals surface area contributed by atoms with E-state index in [1.807, 2.05) is 36.6 Å². The van der Waals surface area contributed by atoms with Crippen molar-refractivity contribution >= 4 is 33.4 Å². The van der Waals surface area contributed by atoms with Crippen LogP contribution in [0.2, 0.25) is 0 Å². The molecule has 0 saturated heterocycles. The first-order valence-corrected chi connectivity index (χ1v) is 10.2. The number of carbonyl (C=O) groups excluding carboxylic acids is 2.